The molecule has 3 aromatic rings. The molecule has 0 unspecified atom stereocenters. The first-order valence-corrected chi connectivity index (χ1v) is 9.92. The molecule has 5 heteroatoms. The van der Waals surface area contributed by atoms with Crippen molar-refractivity contribution in [2.24, 2.45) is 0 Å². The summed E-state index contributed by atoms with van der Waals surface area (Å²) in [5.74, 6) is -1.10. The van der Waals surface area contributed by atoms with Gasteiger partial charge in [-0.05, 0) is 29.7 Å². The van der Waals surface area contributed by atoms with E-state index in [0.717, 1.165) is 11.1 Å². The van der Waals surface area contributed by atoms with E-state index in [1.54, 1.807) is 12.1 Å². The number of benzene rings is 3. The monoisotopic (exact) mass is 416 g/mol. The Hall–Kier alpha value is -3.86. The van der Waals surface area contributed by atoms with E-state index in [4.69, 9.17) is 14.2 Å². The Morgan fingerprint density at radius 2 is 1.42 bits per heavy atom. The Labute approximate surface area is 181 Å². The molecule has 0 aromatic heterocycles. The summed E-state index contributed by atoms with van der Waals surface area (Å²) >= 11 is 0. The van der Waals surface area contributed by atoms with Gasteiger partial charge < -0.3 is 14.2 Å². The zero-order valence-corrected chi connectivity index (χ0v) is 17.3. The summed E-state index contributed by atoms with van der Waals surface area (Å²) in [5.41, 5.74) is 1.87. The van der Waals surface area contributed by atoms with Crippen LogP contribution in [0.15, 0.2) is 103 Å². The molecule has 0 aliphatic heterocycles. The molecule has 0 N–H and O–H groups in total. The minimum absolute atomic E-state index is 0.0805. The normalized spacial score (nSPS) is 12.0. The van der Waals surface area contributed by atoms with Crippen LogP contribution in [0, 0.1) is 0 Å². The molecule has 0 saturated carbocycles. The first-order chi connectivity index (χ1) is 15.2. The lowest BCUT2D eigenvalue weighted by molar-refractivity contribution is -0.147. The molecule has 0 amide bonds. The standard InChI is InChI=1S/C26H24O5/c1-29-25(27)22(19-30-23-15-9-4-10-16-23)17-24(21-13-7-3-8-14-21)26(28)31-18-20-11-5-2-6-12-20/h2-16,19,24H,17-18H2,1H3/b22-19+/t24-/m0/s1. The van der Waals surface area contributed by atoms with Crippen LogP contribution in [0.3, 0.4) is 0 Å². The third kappa shape index (κ3) is 6.57. The SMILES string of the molecule is COC(=O)/C(=C/Oc1ccccc1)C[C@H](C(=O)OCc1ccccc1)c1ccccc1. The fourth-order valence-corrected chi connectivity index (χ4v) is 3.02. The van der Waals surface area contributed by atoms with E-state index in [0.29, 0.717) is 5.75 Å². The van der Waals surface area contributed by atoms with Gasteiger partial charge in [-0.25, -0.2) is 4.79 Å². The summed E-state index contributed by atoms with van der Waals surface area (Å²) in [6, 6.07) is 27.7. The number of carbonyl (C=O) groups is 2. The van der Waals surface area contributed by atoms with Gasteiger partial charge in [0.1, 0.15) is 18.6 Å². The summed E-state index contributed by atoms with van der Waals surface area (Å²) in [4.78, 5) is 25.4. The van der Waals surface area contributed by atoms with Gasteiger partial charge in [-0.2, -0.15) is 0 Å². The molecule has 0 aliphatic carbocycles. The minimum Gasteiger partial charge on any atom is -0.466 e. The van der Waals surface area contributed by atoms with Crippen LogP contribution in [-0.4, -0.2) is 19.0 Å². The number of methoxy groups -OCH3 is 1. The Morgan fingerprint density at radius 3 is 2.03 bits per heavy atom. The second-order valence-electron chi connectivity index (χ2n) is 6.83. The van der Waals surface area contributed by atoms with Crippen LogP contribution in [0.25, 0.3) is 0 Å². The van der Waals surface area contributed by atoms with Gasteiger partial charge in [-0.3, -0.25) is 4.79 Å². The van der Waals surface area contributed by atoms with Crippen LogP contribution in [0.1, 0.15) is 23.5 Å². The number of esters is 2. The van der Waals surface area contributed by atoms with Crippen LogP contribution in [0.4, 0.5) is 0 Å². The van der Waals surface area contributed by atoms with Crippen molar-refractivity contribution in [1.29, 1.82) is 0 Å². The highest BCUT2D eigenvalue weighted by Crippen LogP contribution is 2.27. The summed E-state index contributed by atoms with van der Waals surface area (Å²) in [6.45, 7) is 0.154. The number of rotatable bonds is 9. The van der Waals surface area contributed by atoms with E-state index in [9.17, 15) is 9.59 Å². The molecular weight excluding hydrogens is 392 g/mol. The molecule has 3 rings (SSSR count). The first kappa shape index (κ1) is 21.8. The van der Waals surface area contributed by atoms with Crippen molar-refractivity contribution in [3.63, 3.8) is 0 Å². The van der Waals surface area contributed by atoms with Gasteiger partial charge in [0.2, 0.25) is 0 Å². The van der Waals surface area contributed by atoms with Crippen molar-refractivity contribution in [1.82, 2.24) is 0 Å². The molecule has 0 heterocycles. The van der Waals surface area contributed by atoms with Crippen LogP contribution >= 0.6 is 0 Å². The molecule has 158 valence electrons. The predicted molar refractivity (Wildman–Crippen MR) is 117 cm³/mol. The van der Waals surface area contributed by atoms with Gasteiger partial charge in [-0.15, -0.1) is 0 Å². The summed E-state index contributed by atoms with van der Waals surface area (Å²) in [6.07, 6.45) is 1.42. The maximum atomic E-state index is 13.0. The van der Waals surface area contributed by atoms with Crippen LogP contribution in [0.2, 0.25) is 0 Å². The maximum Gasteiger partial charge on any atom is 0.336 e. The average Bonchev–Trinajstić information content (AvgIpc) is 2.84. The third-order valence-corrected chi connectivity index (χ3v) is 4.66. The summed E-state index contributed by atoms with van der Waals surface area (Å²) < 4.78 is 16.1. The minimum atomic E-state index is -0.686. The van der Waals surface area contributed by atoms with Crippen LogP contribution in [0.5, 0.6) is 5.75 Å². The largest absolute Gasteiger partial charge is 0.466 e. The van der Waals surface area contributed by atoms with E-state index < -0.39 is 17.9 Å². The fourth-order valence-electron chi connectivity index (χ4n) is 3.02. The van der Waals surface area contributed by atoms with Crippen molar-refractivity contribution in [2.75, 3.05) is 7.11 Å². The van der Waals surface area contributed by atoms with Gasteiger partial charge in [0.15, 0.2) is 0 Å². The number of carbonyl (C=O) groups excluding carboxylic acids is 2. The second kappa shape index (κ2) is 11.4. The lowest BCUT2D eigenvalue weighted by Gasteiger charge is -2.17. The highest BCUT2D eigenvalue weighted by Gasteiger charge is 2.27. The summed E-state index contributed by atoms with van der Waals surface area (Å²) in [7, 11) is 1.30. The zero-order chi connectivity index (χ0) is 21.9. The van der Waals surface area contributed by atoms with Crippen molar-refractivity contribution in [3.8, 4) is 5.75 Å². The molecule has 0 radical (unpaired) electrons. The maximum absolute atomic E-state index is 13.0. The molecule has 0 aliphatic rings. The molecule has 0 saturated heterocycles. The highest BCUT2D eigenvalue weighted by atomic mass is 16.5. The number of ether oxygens (including phenoxy) is 3. The van der Waals surface area contributed by atoms with E-state index >= 15 is 0 Å². The molecular formula is C26H24O5. The van der Waals surface area contributed by atoms with Crippen molar-refractivity contribution >= 4 is 11.9 Å². The third-order valence-electron chi connectivity index (χ3n) is 4.66. The van der Waals surface area contributed by atoms with Crippen molar-refractivity contribution in [3.05, 3.63) is 114 Å². The van der Waals surface area contributed by atoms with Crippen LogP contribution < -0.4 is 4.74 Å². The molecule has 0 spiro atoms. The Balaban J connectivity index is 1.81. The first-order valence-electron chi connectivity index (χ1n) is 9.92. The summed E-state index contributed by atoms with van der Waals surface area (Å²) in [5, 5.41) is 0. The van der Waals surface area contributed by atoms with Crippen molar-refractivity contribution in [2.45, 2.75) is 18.9 Å². The van der Waals surface area contributed by atoms with E-state index in [1.165, 1.54) is 13.4 Å². The lowest BCUT2D eigenvalue weighted by atomic mass is 9.92. The molecule has 3 aromatic carbocycles. The van der Waals surface area contributed by atoms with Crippen molar-refractivity contribution < 1.29 is 23.8 Å². The lowest BCUT2D eigenvalue weighted by Crippen LogP contribution is -2.19. The number of hydrogen-bond acceptors (Lipinski definition) is 5. The van der Waals surface area contributed by atoms with Gasteiger partial charge >= 0.3 is 11.9 Å². The van der Waals surface area contributed by atoms with E-state index in [-0.39, 0.29) is 18.6 Å². The zero-order valence-electron chi connectivity index (χ0n) is 17.3. The Kier molecular flexibility index (Phi) is 8.00. The second-order valence-corrected chi connectivity index (χ2v) is 6.83. The molecule has 1 atom stereocenters. The number of para-hydroxylation sites is 1. The molecule has 0 fully saturated rings. The smallest absolute Gasteiger partial charge is 0.336 e. The molecule has 0 bridgehead atoms. The Bertz CT molecular complexity index is 998. The van der Waals surface area contributed by atoms with Gasteiger partial charge in [0.25, 0.3) is 0 Å². The molecule has 5 nitrogen and oxygen atoms in total. The predicted octanol–water partition coefficient (Wildman–Crippen LogP) is 5.04. The quantitative estimate of drug-likeness (QED) is 0.278. The number of hydrogen-bond donors (Lipinski definition) is 0. The highest BCUT2D eigenvalue weighted by molar-refractivity contribution is 5.90. The van der Waals surface area contributed by atoms with E-state index in [2.05, 4.69) is 0 Å². The van der Waals surface area contributed by atoms with E-state index in [1.807, 2.05) is 78.9 Å². The Morgan fingerprint density at radius 1 is 0.839 bits per heavy atom. The van der Waals surface area contributed by atoms with Gasteiger partial charge in [0, 0.05) is 0 Å². The topological polar surface area (TPSA) is 61.8 Å². The van der Waals surface area contributed by atoms with Crippen LogP contribution in [-0.2, 0) is 25.7 Å². The fraction of sp³-hybridized carbons (Fsp3) is 0.154. The molecule has 31 heavy (non-hydrogen) atoms. The van der Waals surface area contributed by atoms with Gasteiger partial charge in [0.05, 0.1) is 18.6 Å². The average molecular weight is 416 g/mol. The van der Waals surface area contributed by atoms with Gasteiger partial charge in [-0.1, -0.05) is 78.9 Å².